The molecule has 3 aliphatic rings. The topological polar surface area (TPSA) is 64.7 Å². The largest absolute Gasteiger partial charge is 0.373 e. The average molecular weight is 431 g/mol. The third-order valence-electron chi connectivity index (χ3n) is 7.33. The lowest BCUT2D eigenvalue weighted by Gasteiger charge is -2.48. The maximum absolute atomic E-state index is 14.2. The van der Waals surface area contributed by atoms with Gasteiger partial charge in [0.1, 0.15) is 11.9 Å². The second-order valence-corrected chi connectivity index (χ2v) is 9.72. The van der Waals surface area contributed by atoms with Gasteiger partial charge in [-0.2, -0.15) is 0 Å². The number of halogens is 1. The molecule has 2 unspecified atom stereocenters. The molecule has 7 heteroatoms. The summed E-state index contributed by atoms with van der Waals surface area (Å²) in [6.07, 6.45) is 4.51. The lowest BCUT2D eigenvalue weighted by Crippen LogP contribution is -2.61. The molecule has 6 nitrogen and oxygen atoms in total. The van der Waals surface area contributed by atoms with E-state index in [4.69, 9.17) is 0 Å². The minimum absolute atomic E-state index is 0.0382. The van der Waals surface area contributed by atoms with E-state index in [0.29, 0.717) is 18.0 Å². The maximum Gasteiger partial charge on any atom is 0.243 e. The molecule has 0 bridgehead atoms. The van der Waals surface area contributed by atoms with Crippen molar-refractivity contribution in [1.82, 2.24) is 15.1 Å². The third kappa shape index (κ3) is 4.43. The molecule has 0 radical (unpaired) electrons. The fraction of sp³-hybridized carbons (Fsp3) is 0.667. The molecule has 2 N–H and O–H groups in total. The van der Waals surface area contributed by atoms with E-state index in [9.17, 15) is 14.0 Å². The molecule has 1 saturated carbocycles. The van der Waals surface area contributed by atoms with Crippen LogP contribution in [-0.4, -0.2) is 64.9 Å². The van der Waals surface area contributed by atoms with Crippen molar-refractivity contribution in [3.05, 3.63) is 29.1 Å². The molecule has 2 amide bonds. The molecule has 2 heterocycles. The number of nitrogens with zero attached hydrogens (tertiary/aromatic N) is 2. The smallest absolute Gasteiger partial charge is 0.243 e. The summed E-state index contributed by atoms with van der Waals surface area (Å²) in [5.74, 6) is -0.136. The monoisotopic (exact) mass is 430 g/mol. The Balaban J connectivity index is 1.35. The number of carbonyl (C=O) groups is 2. The first-order valence-corrected chi connectivity index (χ1v) is 11.6. The van der Waals surface area contributed by atoms with Gasteiger partial charge in [0.25, 0.3) is 0 Å². The van der Waals surface area contributed by atoms with Gasteiger partial charge in [-0.25, -0.2) is 4.39 Å². The van der Waals surface area contributed by atoms with Crippen LogP contribution in [0.3, 0.4) is 0 Å². The minimum atomic E-state index is -0.412. The number of piperazine rings is 1. The van der Waals surface area contributed by atoms with Gasteiger partial charge in [0, 0.05) is 61.9 Å². The molecular formula is C24H35FN4O2. The Kier molecular flexibility index (Phi) is 6.24. The van der Waals surface area contributed by atoms with Gasteiger partial charge in [-0.15, -0.1) is 0 Å². The Labute approximate surface area is 184 Å². The highest BCUT2D eigenvalue weighted by atomic mass is 19.1. The number of rotatable bonds is 3. The predicted octanol–water partition coefficient (Wildman–Crippen LogP) is 2.84. The van der Waals surface area contributed by atoms with Crippen LogP contribution >= 0.6 is 0 Å². The van der Waals surface area contributed by atoms with Crippen molar-refractivity contribution in [2.75, 3.05) is 18.4 Å². The van der Waals surface area contributed by atoms with Crippen LogP contribution in [0.25, 0.3) is 0 Å². The van der Waals surface area contributed by atoms with Crippen LogP contribution in [0.5, 0.6) is 0 Å². The zero-order valence-electron chi connectivity index (χ0n) is 19.1. The van der Waals surface area contributed by atoms with Crippen LogP contribution in [0.1, 0.15) is 57.6 Å². The van der Waals surface area contributed by atoms with Crippen molar-refractivity contribution in [2.45, 2.75) is 90.0 Å². The van der Waals surface area contributed by atoms with Crippen molar-refractivity contribution < 1.29 is 14.0 Å². The number of fused-ring (bicyclic) bond motifs is 1. The lowest BCUT2D eigenvalue weighted by atomic mass is 9.88. The zero-order valence-corrected chi connectivity index (χ0v) is 19.1. The van der Waals surface area contributed by atoms with Gasteiger partial charge < -0.3 is 15.5 Å². The summed E-state index contributed by atoms with van der Waals surface area (Å²) in [5.41, 5.74) is 2.36. The number of amides is 2. The Hall–Kier alpha value is -2.15. The molecule has 31 heavy (non-hydrogen) atoms. The van der Waals surface area contributed by atoms with Crippen LogP contribution in [0.2, 0.25) is 0 Å². The first-order valence-electron chi connectivity index (χ1n) is 11.6. The van der Waals surface area contributed by atoms with Crippen molar-refractivity contribution in [3.63, 3.8) is 0 Å². The van der Waals surface area contributed by atoms with Crippen molar-refractivity contribution in [2.24, 2.45) is 0 Å². The van der Waals surface area contributed by atoms with Gasteiger partial charge in [0.05, 0.1) is 0 Å². The Bertz CT molecular complexity index is 817. The normalized spacial score (nSPS) is 31.1. The Morgan fingerprint density at radius 2 is 1.87 bits per heavy atom. The number of aryl methyl sites for hydroxylation is 1. The molecule has 0 spiro atoms. The average Bonchev–Trinajstić information content (AvgIpc) is 3.17. The Morgan fingerprint density at radius 1 is 1.16 bits per heavy atom. The number of carbonyl (C=O) groups excluding carboxylic acids is 2. The number of hydrogen-bond donors (Lipinski definition) is 2. The van der Waals surface area contributed by atoms with Gasteiger partial charge in [0.15, 0.2) is 0 Å². The van der Waals surface area contributed by atoms with Crippen molar-refractivity contribution in [3.8, 4) is 0 Å². The highest BCUT2D eigenvalue weighted by Gasteiger charge is 2.37. The lowest BCUT2D eigenvalue weighted by molar-refractivity contribution is -0.137. The quantitative estimate of drug-likeness (QED) is 0.774. The second kappa shape index (κ2) is 8.77. The van der Waals surface area contributed by atoms with Crippen LogP contribution in [-0.2, 0) is 16.0 Å². The van der Waals surface area contributed by atoms with E-state index in [1.54, 1.807) is 13.0 Å². The standard InChI is InChI=1S/C24H35FN4O2/c1-14-8-9-21(25)20-11-22(27-23(14)20)24(31)26-18-6-5-7-19(10-18)28-12-15(2)29(17(4)30)16(3)13-28/h8-9,15-16,18-19,22,27H,5-7,10-13H2,1-4H3,(H,26,31)/t15-,16+,18-,19?,22?/m1/s1. The summed E-state index contributed by atoms with van der Waals surface area (Å²) in [4.78, 5) is 29.4. The van der Waals surface area contributed by atoms with E-state index in [-0.39, 0.29) is 35.8 Å². The summed E-state index contributed by atoms with van der Waals surface area (Å²) in [6, 6.07) is 3.79. The van der Waals surface area contributed by atoms with E-state index in [0.717, 1.165) is 50.0 Å². The van der Waals surface area contributed by atoms with E-state index in [1.807, 2.05) is 11.8 Å². The zero-order chi connectivity index (χ0) is 22.3. The molecule has 1 saturated heterocycles. The third-order valence-corrected chi connectivity index (χ3v) is 7.33. The van der Waals surface area contributed by atoms with E-state index in [2.05, 4.69) is 29.4 Å². The van der Waals surface area contributed by atoms with Gasteiger partial charge >= 0.3 is 0 Å². The summed E-state index contributed by atoms with van der Waals surface area (Å²) in [7, 11) is 0. The molecule has 170 valence electrons. The predicted molar refractivity (Wildman–Crippen MR) is 119 cm³/mol. The molecule has 0 aromatic heterocycles. The first kappa shape index (κ1) is 22.1. The van der Waals surface area contributed by atoms with Crippen molar-refractivity contribution in [1.29, 1.82) is 0 Å². The van der Waals surface area contributed by atoms with Crippen LogP contribution in [0, 0.1) is 12.7 Å². The minimum Gasteiger partial charge on any atom is -0.373 e. The highest BCUT2D eigenvalue weighted by molar-refractivity contribution is 5.88. The van der Waals surface area contributed by atoms with Gasteiger partial charge in [-0.1, -0.05) is 6.07 Å². The molecule has 1 aromatic rings. The Morgan fingerprint density at radius 3 is 2.52 bits per heavy atom. The maximum atomic E-state index is 14.2. The van der Waals surface area contributed by atoms with Crippen LogP contribution < -0.4 is 10.6 Å². The second-order valence-electron chi connectivity index (χ2n) is 9.72. The van der Waals surface area contributed by atoms with E-state index < -0.39 is 6.04 Å². The molecule has 5 atom stereocenters. The van der Waals surface area contributed by atoms with Gasteiger partial charge in [-0.05, 0) is 58.1 Å². The summed E-state index contributed by atoms with van der Waals surface area (Å²) in [6.45, 7) is 9.59. The van der Waals surface area contributed by atoms with Crippen molar-refractivity contribution >= 4 is 17.5 Å². The number of benzene rings is 1. The molecule has 2 fully saturated rings. The SMILES string of the molecule is CC(=O)N1[C@H](C)CN(C2CCC[C@@H](NC(=O)C3Cc4c(F)ccc(C)c4N3)C2)C[C@@H]1C. The fourth-order valence-electron chi connectivity index (χ4n) is 5.94. The van der Waals surface area contributed by atoms with Crippen LogP contribution in [0.4, 0.5) is 10.1 Å². The molecular weight excluding hydrogens is 395 g/mol. The van der Waals surface area contributed by atoms with Gasteiger partial charge in [0.2, 0.25) is 11.8 Å². The molecule has 1 aromatic carbocycles. The van der Waals surface area contributed by atoms with E-state index >= 15 is 0 Å². The fourth-order valence-corrected chi connectivity index (χ4v) is 5.94. The van der Waals surface area contributed by atoms with E-state index in [1.165, 1.54) is 6.07 Å². The highest BCUT2D eigenvalue weighted by Crippen LogP contribution is 2.32. The van der Waals surface area contributed by atoms with Crippen LogP contribution in [0.15, 0.2) is 12.1 Å². The number of nitrogens with one attached hydrogen (secondary N) is 2. The molecule has 4 rings (SSSR count). The molecule has 1 aliphatic carbocycles. The number of anilines is 1. The summed E-state index contributed by atoms with van der Waals surface area (Å²) in [5, 5.41) is 6.47. The summed E-state index contributed by atoms with van der Waals surface area (Å²) >= 11 is 0. The molecule has 2 aliphatic heterocycles. The summed E-state index contributed by atoms with van der Waals surface area (Å²) < 4.78 is 14.2. The first-order chi connectivity index (χ1) is 14.7. The van der Waals surface area contributed by atoms with Gasteiger partial charge in [-0.3, -0.25) is 14.5 Å². The number of hydrogen-bond acceptors (Lipinski definition) is 4.